The zero-order chi connectivity index (χ0) is 26.8. The largest absolute Gasteiger partial charge is 0.416 e. The molecule has 2 heterocycles. The summed E-state index contributed by atoms with van der Waals surface area (Å²) in [5.41, 5.74) is 9.67. The van der Waals surface area contributed by atoms with Crippen LogP contribution < -0.4 is 17.0 Å². The molecule has 188 valence electrons. The zero-order valence-corrected chi connectivity index (χ0v) is 19.8. The van der Waals surface area contributed by atoms with Crippen LogP contribution in [0.25, 0.3) is 11.4 Å². The summed E-state index contributed by atoms with van der Waals surface area (Å²) in [6, 6.07) is 10.3. The molecular weight excluding hydrogens is 550 g/mol. The minimum absolute atomic E-state index is 0.00569. The Balaban J connectivity index is 0.000000212. The lowest BCUT2D eigenvalue weighted by Crippen LogP contribution is -2.22. The van der Waals surface area contributed by atoms with Crippen LogP contribution in [0.5, 0.6) is 0 Å². The predicted octanol–water partition coefficient (Wildman–Crippen LogP) is 5.16. The van der Waals surface area contributed by atoms with Crippen molar-refractivity contribution in [1.29, 1.82) is 0 Å². The highest BCUT2D eigenvalue weighted by Gasteiger charge is 2.33. The number of alkyl halides is 3. The number of halogens is 6. The van der Waals surface area contributed by atoms with Gasteiger partial charge in [0.25, 0.3) is 5.56 Å². The smallest absolute Gasteiger partial charge is 0.396 e. The average Bonchev–Trinajstić information content (AvgIpc) is 3.19. The molecule has 0 aliphatic heterocycles. The molecule has 4 rings (SSSR count). The van der Waals surface area contributed by atoms with Crippen molar-refractivity contribution in [1.82, 2.24) is 19.6 Å². The Hall–Kier alpha value is -3.81. The van der Waals surface area contributed by atoms with Crippen molar-refractivity contribution in [3.05, 3.63) is 96.0 Å². The summed E-state index contributed by atoms with van der Waals surface area (Å²) >= 11 is 17.3. The summed E-state index contributed by atoms with van der Waals surface area (Å²) in [6.07, 6.45) is -2.43. The van der Waals surface area contributed by atoms with Crippen LogP contribution in [0.4, 0.5) is 30.4 Å². The van der Waals surface area contributed by atoms with Crippen molar-refractivity contribution in [2.24, 2.45) is 0 Å². The van der Waals surface area contributed by atoms with Gasteiger partial charge in [-0.15, -0.1) is 0 Å². The van der Waals surface area contributed by atoms with Gasteiger partial charge in [-0.3, -0.25) is 14.9 Å². The first-order valence-corrected chi connectivity index (χ1v) is 10.6. The number of benzene rings is 2. The predicted molar refractivity (Wildman–Crippen MR) is 129 cm³/mol. The lowest BCUT2D eigenvalue weighted by Gasteiger charge is -2.12. The first-order chi connectivity index (χ1) is 16.8. The van der Waals surface area contributed by atoms with Crippen LogP contribution in [0.3, 0.4) is 0 Å². The monoisotopic (exact) mass is 561 g/mol. The first kappa shape index (κ1) is 26.8. The minimum atomic E-state index is -4.63. The van der Waals surface area contributed by atoms with Crippen LogP contribution in [-0.2, 0) is 6.18 Å². The second-order valence-corrected chi connectivity index (χ2v) is 8.03. The molecule has 4 N–H and O–H groups in total. The summed E-state index contributed by atoms with van der Waals surface area (Å²) in [5.74, 6) is -0.399. The Bertz CT molecular complexity index is 1470. The van der Waals surface area contributed by atoms with Crippen LogP contribution >= 0.6 is 34.8 Å². The van der Waals surface area contributed by atoms with Crippen molar-refractivity contribution >= 4 is 52.0 Å². The van der Waals surface area contributed by atoms with Crippen LogP contribution in [0.15, 0.2) is 59.7 Å². The van der Waals surface area contributed by atoms with Crippen molar-refractivity contribution in [2.45, 2.75) is 6.18 Å². The maximum Gasteiger partial charge on any atom is 0.416 e. The molecule has 0 unspecified atom stereocenters. The number of anilines is 2. The standard InChI is InChI=1S/C10H5Cl2F3N4O2.C10H8ClN3O/c11-5-1-4(10(13,14)15)2-6(12)8(5)18-9(16)7(3-17-18)19(20)21;11-9-8(12)6-13-14(10(9)15)7-4-2-1-3-5-7/h1-3H,16H2;1-6H,12H2. The number of hydrogen-bond donors (Lipinski definition) is 2. The molecule has 0 aliphatic rings. The van der Waals surface area contributed by atoms with E-state index in [0.717, 1.165) is 10.9 Å². The van der Waals surface area contributed by atoms with E-state index in [1.165, 1.54) is 10.9 Å². The van der Waals surface area contributed by atoms with Gasteiger partial charge < -0.3 is 11.5 Å². The summed E-state index contributed by atoms with van der Waals surface area (Å²) < 4.78 is 39.9. The average molecular weight is 563 g/mol. The molecule has 2 aromatic heterocycles. The third-order valence-electron chi connectivity index (χ3n) is 4.49. The number of nitrogen functional groups attached to an aromatic ring is 2. The molecular formula is C20H13Cl3F3N7O3. The third kappa shape index (κ3) is 5.53. The van der Waals surface area contributed by atoms with E-state index in [2.05, 4.69) is 10.2 Å². The molecule has 0 aliphatic carbocycles. The first-order valence-electron chi connectivity index (χ1n) is 9.46. The third-order valence-corrected chi connectivity index (χ3v) is 5.44. The number of para-hydroxylation sites is 1. The fraction of sp³-hybridized carbons (Fsp3) is 0.0500. The van der Waals surface area contributed by atoms with E-state index in [-0.39, 0.29) is 26.4 Å². The normalized spacial score (nSPS) is 11.1. The Morgan fingerprint density at radius 3 is 2.00 bits per heavy atom. The fourth-order valence-corrected chi connectivity index (χ4v) is 3.57. The SMILES string of the molecule is Nc1c([N+](=O)[O-])cnn1-c1c(Cl)cc(C(F)(F)F)cc1Cl.Nc1cnn(-c2ccccc2)c(=O)c1Cl. The fourth-order valence-electron chi connectivity index (χ4n) is 2.80. The number of nitro groups is 1. The highest BCUT2D eigenvalue weighted by atomic mass is 35.5. The van der Waals surface area contributed by atoms with Gasteiger partial charge in [-0.2, -0.15) is 28.1 Å². The number of nitrogens with two attached hydrogens (primary N) is 2. The van der Waals surface area contributed by atoms with Gasteiger partial charge in [0.15, 0.2) is 0 Å². The van der Waals surface area contributed by atoms with Gasteiger partial charge in [0.05, 0.1) is 38.1 Å². The molecule has 36 heavy (non-hydrogen) atoms. The topological polar surface area (TPSA) is 148 Å². The van der Waals surface area contributed by atoms with Gasteiger partial charge in [-0.05, 0) is 24.3 Å². The Morgan fingerprint density at radius 2 is 1.50 bits per heavy atom. The quantitative estimate of drug-likeness (QED) is 0.259. The van der Waals surface area contributed by atoms with Gasteiger partial charge >= 0.3 is 11.9 Å². The van der Waals surface area contributed by atoms with E-state index in [4.69, 9.17) is 46.3 Å². The van der Waals surface area contributed by atoms with Crippen molar-refractivity contribution in [3.63, 3.8) is 0 Å². The molecule has 0 saturated carbocycles. The van der Waals surface area contributed by atoms with E-state index in [1.807, 2.05) is 18.2 Å². The maximum atomic E-state index is 12.6. The van der Waals surface area contributed by atoms with Crippen molar-refractivity contribution in [2.75, 3.05) is 11.5 Å². The van der Waals surface area contributed by atoms with Gasteiger partial charge in [0, 0.05) is 0 Å². The molecule has 4 aromatic rings. The van der Waals surface area contributed by atoms with Gasteiger partial charge in [-0.1, -0.05) is 53.0 Å². The van der Waals surface area contributed by atoms with E-state index < -0.39 is 33.7 Å². The Morgan fingerprint density at radius 1 is 0.944 bits per heavy atom. The van der Waals surface area contributed by atoms with Gasteiger partial charge in [-0.25, -0.2) is 4.68 Å². The zero-order valence-electron chi connectivity index (χ0n) is 17.6. The van der Waals surface area contributed by atoms with Crippen LogP contribution in [0.2, 0.25) is 15.1 Å². The lowest BCUT2D eigenvalue weighted by atomic mass is 10.2. The van der Waals surface area contributed by atoms with E-state index in [1.54, 1.807) is 12.1 Å². The van der Waals surface area contributed by atoms with Gasteiger partial charge in [0.2, 0.25) is 5.82 Å². The second-order valence-electron chi connectivity index (χ2n) is 6.84. The maximum absolute atomic E-state index is 12.6. The highest BCUT2D eigenvalue weighted by molar-refractivity contribution is 6.38. The summed E-state index contributed by atoms with van der Waals surface area (Å²) in [4.78, 5) is 21.6. The summed E-state index contributed by atoms with van der Waals surface area (Å²) in [6.45, 7) is 0. The molecule has 2 aromatic carbocycles. The van der Waals surface area contributed by atoms with Crippen LogP contribution in [0, 0.1) is 10.1 Å². The lowest BCUT2D eigenvalue weighted by molar-refractivity contribution is -0.383. The molecule has 0 radical (unpaired) electrons. The molecule has 0 bridgehead atoms. The molecule has 0 amide bonds. The molecule has 10 nitrogen and oxygen atoms in total. The molecule has 16 heteroatoms. The molecule has 0 fully saturated rings. The summed E-state index contributed by atoms with van der Waals surface area (Å²) in [5, 5.41) is 17.4. The second kappa shape index (κ2) is 10.4. The van der Waals surface area contributed by atoms with E-state index >= 15 is 0 Å². The molecule has 0 atom stereocenters. The summed E-state index contributed by atoms with van der Waals surface area (Å²) in [7, 11) is 0. The molecule has 0 spiro atoms. The van der Waals surface area contributed by atoms with Crippen LogP contribution in [0.1, 0.15) is 5.56 Å². The van der Waals surface area contributed by atoms with Crippen molar-refractivity contribution < 1.29 is 18.1 Å². The highest BCUT2D eigenvalue weighted by Crippen LogP contribution is 2.38. The van der Waals surface area contributed by atoms with Gasteiger partial charge in [0.1, 0.15) is 16.9 Å². The Kier molecular flexibility index (Phi) is 7.77. The number of hydrogen-bond acceptors (Lipinski definition) is 7. The molecule has 0 saturated heterocycles. The minimum Gasteiger partial charge on any atom is -0.396 e. The van der Waals surface area contributed by atoms with E-state index in [0.29, 0.717) is 17.8 Å². The number of rotatable bonds is 3. The van der Waals surface area contributed by atoms with Crippen LogP contribution in [-0.4, -0.2) is 24.5 Å². The Labute approximate surface area is 214 Å². The van der Waals surface area contributed by atoms with Crippen molar-refractivity contribution in [3.8, 4) is 11.4 Å². The number of aromatic nitrogens is 4. The van der Waals surface area contributed by atoms with E-state index in [9.17, 15) is 28.1 Å². The number of nitrogens with zero attached hydrogens (tertiary/aromatic N) is 5.